The number of hydrogen-bond donors (Lipinski definition) is 1. The quantitative estimate of drug-likeness (QED) is 0.787. The van der Waals surface area contributed by atoms with Gasteiger partial charge in [-0.1, -0.05) is 24.3 Å². The highest BCUT2D eigenvalue weighted by atomic mass is 16.5. The molecule has 0 aliphatic carbocycles. The third-order valence-electron chi connectivity index (χ3n) is 3.63. The van der Waals surface area contributed by atoms with Crippen molar-refractivity contribution in [2.45, 2.75) is 20.3 Å². The smallest absolute Gasteiger partial charge is 0.242 e. The topological polar surface area (TPSA) is 56.1 Å². The fourth-order valence-electron chi connectivity index (χ4n) is 2.36. The van der Waals surface area contributed by atoms with E-state index in [4.69, 9.17) is 4.74 Å². The molecular weight excluding hydrogens is 290 g/mol. The Kier molecular flexibility index (Phi) is 4.28. The average Bonchev–Trinajstić information content (AvgIpc) is 2.94. The van der Waals surface area contributed by atoms with Crippen LogP contribution in [0.15, 0.2) is 48.8 Å². The van der Waals surface area contributed by atoms with Gasteiger partial charge in [0.25, 0.3) is 0 Å². The van der Waals surface area contributed by atoms with Crippen LogP contribution >= 0.6 is 0 Å². The number of nitrogens with zero attached hydrogens (tertiary/aromatic N) is 2. The van der Waals surface area contributed by atoms with Gasteiger partial charge in [0.2, 0.25) is 5.91 Å². The second-order valence-corrected chi connectivity index (χ2v) is 5.51. The first-order valence-electron chi connectivity index (χ1n) is 7.55. The van der Waals surface area contributed by atoms with Crippen LogP contribution in [0.1, 0.15) is 17.5 Å². The summed E-state index contributed by atoms with van der Waals surface area (Å²) >= 11 is 0. The largest absolute Gasteiger partial charge is 0.493 e. The van der Waals surface area contributed by atoms with Gasteiger partial charge in [0.15, 0.2) is 0 Å². The van der Waals surface area contributed by atoms with Crippen molar-refractivity contribution in [3.63, 3.8) is 0 Å². The Morgan fingerprint density at radius 3 is 2.91 bits per heavy atom. The second-order valence-electron chi connectivity index (χ2n) is 5.51. The molecule has 3 rings (SSSR count). The Morgan fingerprint density at radius 2 is 2.04 bits per heavy atom. The lowest BCUT2D eigenvalue weighted by Gasteiger charge is -2.10. The predicted molar refractivity (Wildman–Crippen MR) is 90.1 cm³/mol. The highest BCUT2D eigenvalue weighted by molar-refractivity contribution is 5.86. The van der Waals surface area contributed by atoms with Crippen LogP contribution in [0.4, 0.5) is 0 Å². The number of carbonyl (C=O) groups is 1. The minimum atomic E-state index is -0.113. The molecule has 0 saturated heterocycles. The third-order valence-corrected chi connectivity index (χ3v) is 3.63. The summed E-state index contributed by atoms with van der Waals surface area (Å²) in [7, 11) is 0. The van der Waals surface area contributed by atoms with E-state index in [1.165, 1.54) is 0 Å². The first-order valence-corrected chi connectivity index (χ1v) is 7.55. The summed E-state index contributed by atoms with van der Waals surface area (Å²) in [5.74, 6) is 0.712. The van der Waals surface area contributed by atoms with Gasteiger partial charge in [0, 0.05) is 0 Å². The van der Waals surface area contributed by atoms with Gasteiger partial charge in [-0.15, -0.1) is 0 Å². The maximum atomic E-state index is 12.1. The van der Waals surface area contributed by atoms with Crippen LogP contribution in [0.25, 0.3) is 11.0 Å². The van der Waals surface area contributed by atoms with E-state index in [0.29, 0.717) is 6.61 Å². The number of aryl methyl sites for hydroxylation is 2. The molecule has 0 fully saturated rings. The molecule has 2 aromatic carbocycles. The van der Waals surface area contributed by atoms with Crippen molar-refractivity contribution in [2.24, 2.45) is 0 Å². The number of hydrogen-bond acceptors (Lipinski definition) is 3. The van der Waals surface area contributed by atoms with Gasteiger partial charge < -0.3 is 4.74 Å². The highest BCUT2D eigenvalue weighted by Crippen LogP contribution is 2.19. The monoisotopic (exact) mass is 309 g/mol. The zero-order valence-electron chi connectivity index (χ0n) is 13.2. The fourth-order valence-corrected chi connectivity index (χ4v) is 2.36. The number of ether oxygens (including phenoxy) is 1. The molecule has 5 nitrogen and oxygen atoms in total. The number of amides is 1. The molecule has 0 aliphatic rings. The molecule has 1 aromatic heterocycles. The van der Waals surface area contributed by atoms with Gasteiger partial charge in [-0.05, 0) is 43.2 Å². The van der Waals surface area contributed by atoms with E-state index in [1.54, 1.807) is 11.0 Å². The number of nitrogens with one attached hydrogen (secondary N) is 1. The molecule has 0 saturated carbocycles. The lowest BCUT2D eigenvalue weighted by atomic mass is 10.1. The standard InChI is InChI=1S/C18H19N3O2/c1-13-7-8-14(2)17(11-13)23-10-9-18(22)20-21-12-19-15-5-3-4-6-16(15)21/h3-8,11-12H,9-10H2,1-2H3,(H,20,22). The van der Waals surface area contributed by atoms with Crippen molar-refractivity contribution in [3.05, 3.63) is 59.9 Å². The molecule has 1 heterocycles. The maximum absolute atomic E-state index is 12.1. The Labute approximate surface area is 134 Å². The molecule has 0 aliphatic heterocycles. The van der Waals surface area contributed by atoms with Crippen molar-refractivity contribution < 1.29 is 9.53 Å². The Balaban J connectivity index is 1.57. The third kappa shape index (κ3) is 3.51. The Morgan fingerprint density at radius 1 is 1.22 bits per heavy atom. The van der Waals surface area contributed by atoms with Gasteiger partial charge >= 0.3 is 0 Å². The van der Waals surface area contributed by atoms with E-state index in [9.17, 15) is 4.79 Å². The van der Waals surface area contributed by atoms with Crippen molar-refractivity contribution in [2.75, 3.05) is 12.0 Å². The van der Waals surface area contributed by atoms with Gasteiger partial charge in [-0.3, -0.25) is 10.2 Å². The predicted octanol–water partition coefficient (Wildman–Crippen LogP) is 3.19. The second kappa shape index (κ2) is 6.52. The number of aromatic nitrogens is 2. The Hall–Kier alpha value is -2.82. The zero-order valence-corrected chi connectivity index (χ0v) is 13.2. The summed E-state index contributed by atoms with van der Waals surface area (Å²) in [6, 6.07) is 13.7. The van der Waals surface area contributed by atoms with Gasteiger partial charge in [0.05, 0.1) is 24.1 Å². The average molecular weight is 309 g/mol. The SMILES string of the molecule is Cc1ccc(C)c(OCCC(=O)Nn2cnc3ccccc32)c1. The van der Waals surface area contributed by atoms with Crippen LogP contribution in [0.5, 0.6) is 5.75 Å². The van der Waals surface area contributed by atoms with Crippen molar-refractivity contribution >= 4 is 16.9 Å². The first-order chi connectivity index (χ1) is 11.1. The summed E-state index contributed by atoms with van der Waals surface area (Å²) in [5.41, 5.74) is 6.74. The fraction of sp³-hybridized carbons (Fsp3) is 0.222. The van der Waals surface area contributed by atoms with Crippen molar-refractivity contribution in [1.82, 2.24) is 9.66 Å². The summed E-state index contributed by atoms with van der Waals surface area (Å²) < 4.78 is 7.34. The van der Waals surface area contributed by atoms with E-state index in [-0.39, 0.29) is 12.3 Å². The molecular formula is C18H19N3O2. The number of imidazole rings is 1. The van der Waals surface area contributed by atoms with Crippen LogP contribution in [0.3, 0.4) is 0 Å². The summed E-state index contributed by atoms with van der Waals surface area (Å²) in [6.07, 6.45) is 1.88. The minimum absolute atomic E-state index is 0.113. The number of benzene rings is 2. The van der Waals surface area contributed by atoms with Gasteiger partial charge in [-0.2, -0.15) is 0 Å². The molecule has 3 aromatic rings. The summed E-state index contributed by atoms with van der Waals surface area (Å²) in [4.78, 5) is 16.3. The number of rotatable bonds is 5. The molecule has 0 atom stereocenters. The molecule has 0 unspecified atom stereocenters. The van der Waals surface area contributed by atoms with Crippen LogP contribution in [-0.4, -0.2) is 22.2 Å². The molecule has 0 bridgehead atoms. The lowest BCUT2D eigenvalue weighted by Crippen LogP contribution is -2.23. The number of fused-ring (bicyclic) bond motifs is 1. The van der Waals surface area contributed by atoms with E-state index in [0.717, 1.165) is 27.9 Å². The molecule has 1 amide bonds. The van der Waals surface area contributed by atoms with Crippen LogP contribution < -0.4 is 10.2 Å². The van der Waals surface area contributed by atoms with E-state index in [2.05, 4.69) is 10.4 Å². The molecule has 23 heavy (non-hydrogen) atoms. The lowest BCUT2D eigenvalue weighted by molar-refractivity contribution is -0.117. The summed E-state index contributed by atoms with van der Waals surface area (Å²) in [5, 5.41) is 0. The molecule has 5 heteroatoms. The molecule has 0 spiro atoms. The normalized spacial score (nSPS) is 10.7. The van der Waals surface area contributed by atoms with E-state index in [1.807, 2.05) is 56.3 Å². The van der Waals surface area contributed by atoms with Crippen LogP contribution in [0, 0.1) is 13.8 Å². The van der Waals surface area contributed by atoms with Gasteiger partial charge in [-0.25, -0.2) is 9.66 Å². The molecule has 1 N–H and O–H groups in total. The van der Waals surface area contributed by atoms with Crippen molar-refractivity contribution in [1.29, 1.82) is 0 Å². The van der Waals surface area contributed by atoms with E-state index >= 15 is 0 Å². The van der Waals surface area contributed by atoms with Crippen molar-refractivity contribution in [3.8, 4) is 5.75 Å². The highest BCUT2D eigenvalue weighted by Gasteiger charge is 2.07. The maximum Gasteiger partial charge on any atom is 0.242 e. The summed E-state index contributed by atoms with van der Waals surface area (Å²) in [6.45, 7) is 4.35. The van der Waals surface area contributed by atoms with Gasteiger partial charge in [0.1, 0.15) is 12.1 Å². The van der Waals surface area contributed by atoms with E-state index < -0.39 is 0 Å². The molecule has 118 valence electrons. The minimum Gasteiger partial charge on any atom is -0.493 e. The van der Waals surface area contributed by atoms with Crippen LogP contribution in [0.2, 0.25) is 0 Å². The number of para-hydroxylation sites is 2. The number of carbonyl (C=O) groups excluding carboxylic acids is 1. The van der Waals surface area contributed by atoms with Crippen LogP contribution in [-0.2, 0) is 4.79 Å². The first kappa shape index (κ1) is 15.1. The zero-order chi connectivity index (χ0) is 16.2. The Bertz CT molecular complexity index is 839. The molecule has 0 radical (unpaired) electrons.